The van der Waals surface area contributed by atoms with Crippen molar-refractivity contribution < 1.29 is 14.3 Å². The normalized spacial score (nSPS) is 18.6. The van der Waals surface area contributed by atoms with E-state index in [1.54, 1.807) is 0 Å². The van der Waals surface area contributed by atoms with Gasteiger partial charge in [0.2, 0.25) is 5.88 Å². The molecule has 0 aliphatic carbocycles. The zero-order valence-corrected chi connectivity index (χ0v) is 10.4. The second kappa shape index (κ2) is 6.30. The van der Waals surface area contributed by atoms with Crippen molar-refractivity contribution >= 4 is 5.91 Å². The van der Waals surface area contributed by atoms with Gasteiger partial charge in [-0.2, -0.15) is 0 Å². The number of carbonyl (C=O) groups is 1. The summed E-state index contributed by atoms with van der Waals surface area (Å²) in [7, 11) is 0. The molecule has 0 spiro atoms. The van der Waals surface area contributed by atoms with Crippen molar-refractivity contribution in [2.75, 3.05) is 19.8 Å². The van der Waals surface area contributed by atoms with Gasteiger partial charge in [0.15, 0.2) is 0 Å². The maximum absolute atomic E-state index is 11.8. The van der Waals surface area contributed by atoms with E-state index in [1.807, 2.05) is 6.92 Å². The molecule has 1 aliphatic rings. The highest BCUT2D eigenvalue weighted by Crippen LogP contribution is 2.11. The molecule has 6 nitrogen and oxygen atoms in total. The first-order chi connectivity index (χ1) is 8.79. The zero-order valence-electron chi connectivity index (χ0n) is 10.4. The molecule has 1 atom stereocenters. The van der Waals surface area contributed by atoms with Gasteiger partial charge in [0, 0.05) is 19.2 Å². The van der Waals surface area contributed by atoms with Crippen LogP contribution < -0.4 is 10.1 Å². The molecule has 2 rings (SSSR count). The van der Waals surface area contributed by atoms with E-state index in [0.717, 1.165) is 19.4 Å². The standard InChI is InChI=1S/C12H17N3O3/c1-2-17-11-6-10(14-8-15-11)12(16)13-7-9-4-3-5-18-9/h6,8-9H,2-5,7H2,1H3,(H,13,16). The van der Waals surface area contributed by atoms with E-state index < -0.39 is 0 Å². The first-order valence-electron chi connectivity index (χ1n) is 6.14. The molecule has 1 saturated heterocycles. The first-order valence-corrected chi connectivity index (χ1v) is 6.14. The molecule has 1 fully saturated rings. The van der Waals surface area contributed by atoms with Crippen LogP contribution >= 0.6 is 0 Å². The minimum atomic E-state index is -0.228. The molecule has 18 heavy (non-hydrogen) atoms. The molecule has 0 bridgehead atoms. The van der Waals surface area contributed by atoms with Crippen molar-refractivity contribution in [3.05, 3.63) is 18.1 Å². The van der Waals surface area contributed by atoms with Crippen molar-refractivity contribution in [1.29, 1.82) is 0 Å². The third-order valence-corrected chi connectivity index (χ3v) is 2.68. The van der Waals surface area contributed by atoms with Gasteiger partial charge in [0.25, 0.3) is 5.91 Å². The molecule has 0 radical (unpaired) electrons. The summed E-state index contributed by atoms with van der Waals surface area (Å²) in [5.41, 5.74) is 0.312. The van der Waals surface area contributed by atoms with Gasteiger partial charge in [-0.3, -0.25) is 4.79 Å². The molecule has 6 heteroatoms. The summed E-state index contributed by atoms with van der Waals surface area (Å²) >= 11 is 0. The molecule has 1 N–H and O–H groups in total. The number of nitrogens with zero attached hydrogens (tertiary/aromatic N) is 2. The highest BCUT2D eigenvalue weighted by atomic mass is 16.5. The molecule has 2 heterocycles. The number of hydrogen-bond acceptors (Lipinski definition) is 5. The Morgan fingerprint density at radius 2 is 2.50 bits per heavy atom. The Kier molecular flexibility index (Phi) is 4.46. The van der Waals surface area contributed by atoms with E-state index in [2.05, 4.69) is 15.3 Å². The Morgan fingerprint density at radius 3 is 3.22 bits per heavy atom. The lowest BCUT2D eigenvalue weighted by Crippen LogP contribution is -2.32. The number of aromatic nitrogens is 2. The molecule has 98 valence electrons. The van der Waals surface area contributed by atoms with Crippen LogP contribution in [-0.4, -0.2) is 41.7 Å². The van der Waals surface area contributed by atoms with Gasteiger partial charge in [0.1, 0.15) is 12.0 Å². The van der Waals surface area contributed by atoms with Crippen LogP contribution in [0.1, 0.15) is 30.3 Å². The molecule has 0 aromatic carbocycles. The Morgan fingerprint density at radius 1 is 1.61 bits per heavy atom. The summed E-state index contributed by atoms with van der Waals surface area (Å²) in [4.78, 5) is 19.7. The van der Waals surface area contributed by atoms with Gasteiger partial charge < -0.3 is 14.8 Å². The van der Waals surface area contributed by atoms with Gasteiger partial charge >= 0.3 is 0 Å². The minimum absolute atomic E-state index is 0.127. The van der Waals surface area contributed by atoms with Crippen LogP contribution in [0.3, 0.4) is 0 Å². The summed E-state index contributed by atoms with van der Waals surface area (Å²) in [6.45, 7) is 3.67. The van der Waals surface area contributed by atoms with E-state index in [0.29, 0.717) is 24.7 Å². The van der Waals surface area contributed by atoms with Crippen molar-refractivity contribution in [1.82, 2.24) is 15.3 Å². The smallest absolute Gasteiger partial charge is 0.270 e. The maximum Gasteiger partial charge on any atom is 0.270 e. The number of nitrogens with one attached hydrogen (secondary N) is 1. The van der Waals surface area contributed by atoms with Crippen LogP contribution in [-0.2, 0) is 4.74 Å². The van der Waals surface area contributed by atoms with Crippen LogP contribution in [0.15, 0.2) is 12.4 Å². The third kappa shape index (κ3) is 3.40. The summed E-state index contributed by atoms with van der Waals surface area (Å²) in [5.74, 6) is 0.184. The van der Waals surface area contributed by atoms with Crippen molar-refractivity contribution in [2.24, 2.45) is 0 Å². The molecule has 0 saturated carbocycles. The lowest BCUT2D eigenvalue weighted by molar-refractivity contribution is 0.0853. The molecule has 1 unspecified atom stereocenters. The number of ether oxygens (including phenoxy) is 2. The zero-order chi connectivity index (χ0) is 12.8. The van der Waals surface area contributed by atoms with Crippen LogP contribution in [0, 0.1) is 0 Å². The SMILES string of the molecule is CCOc1cc(C(=O)NCC2CCCO2)ncn1. The highest BCUT2D eigenvalue weighted by Gasteiger charge is 2.17. The molecule has 1 amide bonds. The maximum atomic E-state index is 11.8. The van der Waals surface area contributed by atoms with Crippen molar-refractivity contribution in [2.45, 2.75) is 25.9 Å². The lowest BCUT2D eigenvalue weighted by Gasteiger charge is -2.10. The van der Waals surface area contributed by atoms with Gasteiger partial charge in [-0.1, -0.05) is 0 Å². The van der Waals surface area contributed by atoms with Crippen LogP contribution in [0.25, 0.3) is 0 Å². The molecular weight excluding hydrogens is 234 g/mol. The summed E-state index contributed by atoms with van der Waals surface area (Å²) < 4.78 is 10.6. The van der Waals surface area contributed by atoms with Gasteiger partial charge in [-0.25, -0.2) is 9.97 Å². The van der Waals surface area contributed by atoms with Crippen molar-refractivity contribution in [3.63, 3.8) is 0 Å². The van der Waals surface area contributed by atoms with Gasteiger partial charge in [-0.05, 0) is 19.8 Å². The third-order valence-electron chi connectivity index (χ3n) is 2.68. The quantitative estimate of drug-likeness (QED) is 0.837. The Bertz CT molecular complexity index is 405. The summed E-state index contributed by atoms with van der Waals surface area (Å²) in [6.07, 6.45) is 3.50. The topological polar surface area (TPSA) is 73.3 Å². The summed E-state index contributed by atoms with van der Waals surface area (Å²) in [6, 6.07) is 1.54. The van der Waals surface area contributed by atoms with E-state index in [4.69, 9.17) is 9.47 Å². The predicted octanol–water partition coefficient (Wildman–Crippen LogP) is 0.784. The Hall–Kier alpha value is -1.69. The average molecular weight is 251 g/mol. The predicted molar refractivity (Wildman–Crippen MR) is 64.5 cm³/mol. The minimum Gasteiger partial charge on any atom is -0.478 e. The monoisotopic (exact) mass is 251 g/mol. The molecule has 1 aromatic rings. The van der Waals surface area contributed by atoms with Crippen LogP contribution in [0.2, 0.25) is 0 Å². The fourth-order valence-electron chi connectivity index (χ4n) is 1.79. The lowest BCUT2D eigenvalue weighted by atomic mass is 10.2. The molecular formula is C12H17N3O3. The molecule has 1 aromatic heterocycles. The number of amides is 1. The van der Waals surface area contributed by atoms with Crippen LogP contribution in [0.5, 0.6) is 5.88 Å². The first kappa shape index (κ1) is 12.8. The van der Waals surface area contributed by atoms with Crippen LogP contribution in [0.4, 0.5) is 0 Å². The average Bonchev–Trinajstić information content (AvgIpc) is 2.90. The number of rotatable bonds is 5. The molecule has 1 aliphatic heterocycles. The van der Waals surface area contributed by atoms with E-state index in [1.165, 1.54) is 12.4 Å². The Balaban J connectivity index is 1.89. The fraction of sp³-hybridized carbons (Fsp3) is 0.583. The van der Waals surface area contributed by atoms with Crippen molar-refractivity contribution in [3.8, 4) is 5.88 Å². The second-order valence-electron chi connectivity index (χ2n) is 4.02. The number of hydrogen-bond donors (Lipinski definition) is 1. The number of carbonyl (C=O) groups excluding carboxylic acids is 1. The van der Waals surface area contributed by atoms with Gasteiger partial charge in [0.05, 0.1) is 12.7 Å². The Labute approximate surface area is 106 Å². The van der Waals surface area contributed by atoms with Gasteiger partial charge in [-0.15, -0.1) is 0 Å². The summed E-state index contributed by atoms with van der Waals surface area (Å²) in [5, 5.41) is 2.80. The van der Waals surface area contributed by atoms with E-state index >= 15 is 0 Å². The fourth-order valence-corrected chi connectivity index (χ4v) is 1.79. The largest absolute Gasteiger partial charge is 0.478 e. The van der Waals surface area contributed by atoms with E-state index in [9.17, 15) is 4.79 Å². The highest BCUT2D eigenvalue weighted by molar-refractivity contribution is 5.92. The van der Waals surface area contributed by atoms with E-state index in [-0.39, 0.29) is 12.0 Å². The second-order valence-corrected chi connectivity index (χ2v) is 4.02.